The van der Waals surface area contributed by atoms with E-state index in [2.05, 4.69) is 39.5 Å². The van der Waals surface area contributed by atoms with Crippen LogP contribution in [-0.4, -0.2) is 5.11 Å². The molecule has 0 radical (unpaired) electrons. The summed E-state index contributed by atoms with van der Waals surface area (Å²) in [4.78, 5) is 0. The van der Waals surface area contributed by atoms with Crippen LogP contribution in [-0.2, 0) is 19.3 Å². The Labute approximate surface area is 156 Å². The zero-order valence-corrected chi connectivity index (χ0v) is 17.0. The summed E-state index contributed by atoms with van der Waals surface area (Å²) in [7, 11) is 0. The fourth-order valence-corrected chi connectivity index (χ4v) is 3.26. The second-order valence-corrected chi connectivity index (χ2v) is 7.10. The van der Waals surface area contributed by atoms with E-state index < -0.39 is 0 Å². The van der Waals surface area contributed by atoms with Crippen LogP contribution in [0.1, 0.15) is 108 Å². The fourth-order valence-electron chi connectivity index (χ4n) is 3.26. The van der Waals surface area contributed by atoms with Gasteiger partial charge in [-0.2, -0.15) is 0 Å². The monoisotopic (exact) mass is 342 g/mol. The Balaban J connectivity index is 3.32. The minimum Gasteiger partial charge on any atom is -0.507 e. The predicted molar refractivity (Wildman–Crippen MR) is 110 cm³/mol. The molecule has 0 fully saturated rings. The number of hydrogen-bond acceptors (Lipinski definition) is 1. The van der Waals surface area contributed by atoms with Gasteiger partial charge in [0.25, 0.3) is 0 Å². The lowest BCUT2D eigenvalue weighted by Gasteiger charge is -2.18. The van der Waals surface area contributed by atoms with Gasteiger partial charge in [-0.15, -0.1) is 0 Å². The molecule has 0 aliphatic rings. The number of aromatic hydroxyl groups is 1. The highest BCUT2D eigenvalue weighted by atomic mass is 16.3. The molecule has 0 amide bonds. The van der Waals surface area contributed by atoms with E-state index in [0.717, 1.165) is 37.7 Å². The summed E-state index contributed by atoms with van der Waals surface area (Å²) in [5, 5.41) is 10.7. The van der Waals surface area contributed by atoms with Gasteiger partial charge in [0.2, 0.25) is 0 Å². The number of hydrogen-bond donors (Lipinski definition) is 1. The van der Waals surface area contributed by atoms with E-state index in [1.807, 2.05) is 6.07 Å². The quantitative estimate of drug-likeness (QED) is 0.340. The molecule has 0 aliphatic carbocycles. The summed E-state index contributed by atoms with van der Waals surface area (Å²) in [6.07, 6.45) is 13.6. The second kappa shape index (κ2) is 12.9. The van der Waals surface area contributed by atoms with Crippen LogP contribution >= 0.6 is 0 Å². The third-order valence-electron chi connectivity index (χ3n) is 4.85. The summed E-state index contributed by atoms with van der Waals surface area (Å²) >= 11 is 0. The Morgan fingerprint density at radius 3 is 1.92 bits per heavy atom. The smallest absolute Gasteiger partial charge is 0.131 e. The Morgan fingerprint density at radius 1 is 0.760 bits per heavy atom. The van der Waals surface area contributed by atoms with E-state index in [-0.39, 0.29) is 0 Å². The number of rotatable bonds is 11. The molecule has 0 saturated carbocycles. The normalized spacial score (nSPS) is 10.6. The van der Waals surface area contributed by atoms with Crippen molar-refractivity contribution in [1.82, 2.24) is 0 Å². The molecule has 0 bridgehead atoms. The topological polar surface area (TPSA) is 20.2 Å². The van der Waals surface area contributed by atoms with Crippen molar-refractivity contribution in [3.05, 3.63) is 28.3 Å². The summed E-state index contributed by atoms with van der Waals surface area (Å²) in [6, 6.07) is 2.01. The lowest BCUT2D eigenvalue weighted by atomic mass is 9.87. The number of aryl methyl sites for hydroxylation is 1. The van der Waals surface area contributed by atoms with Crippen molar-refractivity contribution in [1.29, 1.82) is 0 Å². The lowest BCUT2D eigenvalue weighted by molar-refractivity contribution is 0.471. The molecular formula is C24H38O. The molecule has 0 unspecified atom stereocenters. The molecule has 0 atom stereocenters. The first-order valence-electron chi connectivity index (χ1n) is 10.5. The van der Waals surface area contributed by atoms with Gasteiger partial charge in [-0.05, 0) is 67.7 Å². The van der Waals surface area contributed by atoms with Gasteiger partial charge in [0, 0.05) is 6.42 Å². The highest BCUT2D eigenvalue weighted by Gasteiger charge is 2.16. The molecule has 1 heteroatoms. The summed E-state index contributed by atoms with van der Waals surface area (Å²) < 4.78 is 0. The van der Waals surface area contributed by atoms with Gasteiger partial charge in [0.15, 0.2) is 0 Å². The van der Waals surface area contributed by atoms with Crippen LogP contribution in [0.4, 0.5) is 0 Å². The first-order chi connectivity index (χ1) is 12.2. The first-order valence-corrected chi connectivity index (χ1v) is 10.5. The molecule has 0 saturated heterocycles. The van der Waals surface area contributed by atoms with Gasteiger partial charge >= 0.3 is 0 Å². The highest BCUT2D eigenvalue weighted by molar-refractivity contribution is 5.57. The maximum absolute atomic E-state index is 10.7. The van der Waals surface area contributed by atoms with E-state index in [4.69, 9.17) is 0 Å². The Hall–Kier alpha value is -1.42. The highest BCUT2D eigenvalue weighted by Crippen LogP contribution is 2.31. The molecule has 25 heavy (non-hydrogen) atoms. The molecule has 140 valence electrons. The van der Waals surface area contributed by atoms with Crippen molar-refractivity contribution in [2.75, 3.05) is 0 Å². The minimum absolute atomic E-state index is 0.404. The van der Waals surface area contributed by atoms with E-state index in [1.165, 1.54) is 61.6 Å². The SMILES string of the molecule is CCCCC#Cc1c(O)cc(CCCC)c(CCCC)c1CCCC. The first kappa shape index (κ1) is 21.6. The van der Waals surface area contributed by atoms with E-state index >= 15 is 0 Å². The fraction of sp³-hybridized carbons (Fsp3) is 0.667. The summed E-state index contributed by atoms with van der Waals surface area (Å²) in [6.45, 7) is 8.91. The molecule has 1 aromatic rings. The zero-order valence-electron chi connectivity index (χ0n) is 17.0. The molecule has 0 aliphatic heterocycles. The van der Waals surface area contributed by atoms with Crippen molar-refractivity contribution in [2.45, 2.75) is 105 Å². The number of phenols is 1. The van der Waals surface area contributed by atoms with Crippen LogP contribution in [0.5, 0.6) is 5.75 Å². The number of unbranched alkanes of at least 4 members (excludes halogenated alkanes) is 5. The van der Waals surface area contributed by atoms with E-state index in [9.17, 15) is 5.11 Å². The van der Waals surface area contributed by atoms with Gasteiger partial charge in [-0.1, -0.05) is 65.2 Å². The molecular weight excluding hydrogens is 304 g/mol. The summed E-state index contributed by atoms with van der Waals surface area (Å²) in [5.74, 6) is 7.03. The molecule has 1 aromatic carbocycles. The Kier molecular flexibility index (Phi) is 11.1. The Morgan fingerprint density at radius 2 is 1.32 bits per heavy atom. The maximum atomic E-state index is 10.7. The zero-order chi connectivity index (χ0) is 18.5. The van der Waals surface area contributed by atoms with Crippen LogP contribution < -0.4 is 0 Å². The largest absolute Gasteiger partial charge is 0.507 e. The average Bonchev–Trinajstić information content (AvgIpc) is 2.62. The van der Waals surface area contributed by atoms with Crippen LogP contribution in [0.2, 0.25) is 0 Å². The van der Waals surface area contributed by atoms with Crippen LogP contribution in [0.3, 0.4) is 0 Å². The van der Waals surface area contributed by atoms with E-state index in [0.29, 0.717) is 5.75 Å². The van der Waals surface area contributed by atoms with Crippen LogP contribution in [0.15, 0.2) is 6.07 Å². The van der Waals surface area contributed by atoms with Crippen molar-refractivity contribution >= 4 is 0 Å². The molecule has 1 nitrogen and oxygen atoms in total. The third-order valence-corrected chi connectivity index (χ3v) is 4.85. The van der Waals surface area contributed by atoms with Crippen LogP contribution in [0, 0.1) is 11.8 Å². The molecule has 0 spiro atoms. The second-order valence-electron chi connectivity index (χ2n) is 7.10. The van der Waals surface area contributed by atoms with Gasteiger partial charge in [0.05, 0.1) is 5.56 Å². The lowest BCUT2D eigenvalue weighted by Crippen LogP contribution is -2.05. The number of benzene rings is 1. The van der Waals surface area contributed by atoms with Crippen molar-refractivity contribution in [3.8, 4) is 17.6 Å². The summed E-state index contributed by atoms with van der Waals surface area (Å²) in [5.41, 5.74) is 5.10. The van der Waals surface area contributed by atoms with Gasteiger partial charge in [0.1, 0.15) is 5.75 Å². The maximum Gasteiger partial charge on any atom is 0.131 e. The van der Waals surface area contributed by atoms with E-state index in [1.54, 1.807) is 0 Å². The molecule has 1 N–H and O–H groups in total. The van der Waals surface area contributed by atoms with Gasteiger partial charge in [-0.3, -0.25) is 0 Å². The van der Waals surface area contributed by atoms with Crippen LogP contribution in [0.25, 0.3) is 0 Å². The third kappa shape index (κ3) is 7.15. The average molecular weight is 343 g/mol. The molecule has 1 rings (SSSR count). The number of phenolic OH excluding ortho intramolecular Hbond substituents is 1. The Bertz CT molecular complexity index is 560. The standard InChI is InChI=1S/C24H38O/c1-5-9-13-14-18-23-22(17-12-8-4)21(16-11-7-3)20(15-10-6-2)19-24(23)25/h19,25H,5-13,15-17H2,1-4H3. The minimum atomic E-state index is 0.404. The molecule has 0 heterocycles. The predicted octanol–water partition coefficient (Wildman–Crippen LogP) is 6.96. The van der Waals surface area contributed by atoms with Gasteiger partial charge in [-0.25, -0.2) is 0 Å². The van der Waals surface area contributed by atoms with Gasteiger partial charge < -0.3 is 5.11 Å². The van der Waals surface area contributed by atoms with Crippen molar-refractivity contribution in [2.24, 2.45) is 0 Å². The molecule has 0 aromatic heterocycles. The van der Waals surface area contributed by atoms with Crippen molar-refractivity contribution < 1.29 is 5.11 Å². The van der Waals surface area contributed by atoms with Crippen molar-refractivity contribution in [3.63, 3.8) is 0 Å².